The third kappa shape index (κ3) is 4.33. The number of nitrogens with one attached hydrogen (secondary N) is 1. The zero-order chi connectivity index (χ0) is 20.5. The molecule has 1 saturated heterocycles. The van der Waals surface area contributed by atoms with Gasteiger partial charge in [-0.3, -0.25) is 4.79 Å². The summed E-state index contributed by atoms with van der Waals surface area (Å²) in [6.07, 6.45) is 2.67. The SMILES string of the molecule is Cc1ccc(S(=O)(=O)N2CCCCC2)cc1NC(=O)c1cc(F)c(Cl)cc1Cl. The third-order valence-corrected chi connectivity index (χ3v) is 7.16. The first kappa shape index (κ1) is 21.0. The van der Waals surface area contributed by atoms with Crippen molar-refractivity contribution in [1.82, 2.24) is 4.31 Å². The van der Waals surface area contributed by atoms with Crippen molar-refractivity contribution in [1.29, 1.82) is 0 Å². The van der Waals surface area contributed by atoms with E-state index in [0.29, 0.717) is 24.3 Å². The molecule has 0 unspecified atom stereocenters. The number of sulfonamides is 1. The van der Waals surface area contributed by atoms with E-state index in [1.807, 2.05) is 0 Å². The lowest BCUT2D eigenvalue weighted by atomic mass is 10.1. The number of anilines is 1. The fourth-order valence-electron chi connectivity index (χ4n) is 3.04. The Morgan fingerprint density at radius 2 is 1.75 bits per heavy atom. The number of carbonyl (C=O) groups excluding carboxylic acids is 1. The fraction of sp³-hybridized carbons (Fsp3) is 0.316. The van der Waals surface area contributed by atoms with Gasteiger partial charge >= 0.3 is 0 Å². The van der Waals surface area contributed by atoms with Gasteiger partial charge in [0.2, 0.25) is 10.0 Å². The van der Waals surface area contributed by atoms with Gasteiger partial charge in [0.05, 0.1) is 20.5 Å². The van der Waals surface area contributed by atoms with Crippen LogP contribution in [0.4, 0.5) is 10.1 Å². The van der Waals surface area contributed by atoms with Crippen LogP contribution in [0, 0.1) is 12.7 Å². The van der Waals surface area contributed by atoms with E-state index in [4.69, 9.17) is 23.2 Å². The Hall–Kier alpha value is -1.67. The Morgan fingerprint density at radius 3 is 2.43 bits per heavy atom. The van der Waals surface area contributed by atoms with Crippen LogP contribution in [0.25, 0.3) is 0 Å². The van der Waals surface area contributed by atoms with Gasteiger partial charge in [-0.15, -0.1) is 0 Å². The van der Waals surface area contributed by atoms with Gasteiger partial charge in [0.25, 0.3) is 5.91 Å². The number of nitrogens with zero attached hydrogens (tertiary/aromatic N) is 1. The molecule has 9 heteroatoms. The summed E-state index contributed by atoms with van der Waals surface area (Å²) in [5, 5.41) is 2.42. The molecule has 0 aromatic heterocycles. The Balaban J connectivity index is 1.90. The lowest BCUT2D eigenvalue weighted by molar-refractivity contribution is 0.102. The summed E-state index contributed by atoms with van der Waals surface area (Å²) in [4.78, 5) is 12.6. The van der Waals surface area contributed by atoms with Crippen molar-refractivity contribution in [3.63, 3.8) is 0 Å². The summed E-state index contributed by atoms with van der Waals surface area (Å²) >= 11 is 11.7. The van der Waals surface area contributed by atoms with Crippen LogP contribution in [-0.2, 0) is 10.0 Å². The maximum absolute atomic E-state index is 13.7. The average Bonchev–Trinajstić information content (AvgIpc) is 2.67. The van der Waals surface area contributed by atoms with Crippen LogP contribution < -0.4 is 5.32 Å². The second-order valence-electron chi connectivity index (χ2n) is 6.64. The zero-order valence-electron chi connectivity index (χ0n) is 15.1. The Bertz CT molecular complexity index is 1020. The summed E-state index contributed by atoms with van der Waals surface area (Å²) in [5.74, 6) is -1.43. The minimum absolute atomic E-state index is 0.00125. The number of carbonyl (C=O) groups is 1. The van der Waals surface area contributed by atoms with Gasteiger partial charge in [-0.2, -0.15) is 4.31 Å². The molecule has 5 nitrogen and oxygen atoms in total. The molecule has 0 aliphatic carbocycles. The van der Waals surface area contributed by atoms with Gasteiger partial charge < -0.3 is 5.32 Å². The largest absolute Gasteiger partial charge is 0.322 e. The molecule has 3 rings (SSSR count). The van der Waals surface area contributed by atoms with Crippen molar-refractivity contribution in [2.45, 2.75) is 31.1 Å². The van der Waals surface area contributed by atoms with Crippen molar-refractivity contribution >= 4 is 44.8 Å². The first-order valence-electron chi connectivity index (χ1n) is 8.77. The average molecular weight is 445 g/mol. The quantitative estimate of drug-likeness (QED) is 0.683. The van der Waals surface area contributed by atoms with Crippen LogP contribution in [0.3, 0.4) is 0 Å². The minimum atomic E-state index is -3.64. The molecule has 1 fully saturated rings. The van der Waals surface area contributed by atoms with Gasteiger partial charge in [-0.05, 0) is 49.6 Å². The molecule has 2 aromatic rings. The van der Waals surface area contributed by atoms with Crippen molar-refractivity contribution in [3.8, 4) is 0 Å². The Labute approximate surface area is 173 Å². The Kier molecular flexibility index (Phi) is 6.29. The maximum atomic E-state index is 13.7. The molecule has 1 aliphatic heterocycles. The van der Waals surface area contributed by atoms with Crippen molar-refractivity contribution < 1.29 is 17.6 Å². The number of piperidine rings is 1. The number of amides is 1. The number of hydrogen-bond donors (Lipinski definition) is 1. The molecule has 150 valence electrons. The van der Waals surface area contributed by atoms with E-state index < -0.39 is 21.7 Å². The molecule has 0 saturated carbocycles. The van der Waals surface area contributed by atoms with E-state index in [1.54, 1.807) is 13.0 Å². The molecule has 1 amide bonds. The molecule has 2 aromatic carbocycles. The molecular weight excluding hydrogens is 426 g/mol. The van der Waals surface area contributed by atoms with Crippen LogP contribution >= 0.6 is 23.2 Å². The standard InChI is InChI=1S/C19H19Cl2FN2O3S/c1-12-5-6-13(28(26,27)24-7-3-2-4-8-24)9-18(12)23-19(25)14-10-17(22)16(21)11-15(14)20/h5-6,9-11H,2-4,7-8H2,1H3,(H,23,25). The summed E-state index contributed by atoms with van der Waals surface area (Å²) in [6, 6.07) is 6.65. The number of halogens is 3. The van der Waals surface area contributed by atoms with Gasteiger partial charge in [-0.25, -0.2) is 12.8 Å². The molecule has 0 bridgehead atoms. The zero-order valence-corrected chi connectivity index (χ0v) is 17.5. The second kappa shape index (κ2) is 8.37. The molecule has 1 N–H and O–H groups in total. The molecule has 0 spiro atoms. The number of hydrogen-bond acceptors (Lipinski definition) is 3. The van der Waals surface area contributed by atoms with E-state index in [2.05, 4.69) is 5.32 Å². The number of aryl methyl sites for hydroxylation is 1. The van der Waals surface area contributed by atoms with Crippen molar-refractivity contribution in [2.24, 2.45) is 0 Å². The first-order chi connectivity index (χ1) is 13.2. The normalized spacial score (nSPS) is 15.4. The molecule has 0 atom stereocenters. The van der Waals surface area contributed by atoms with Crippen molar-refractivity contribution in [3.05, 3.63) is 57.3 Å². The van der Waals surface area contributed by atoms with Crippen LogP contribution in [0.5, 0.6) is 0 Å². The molecule has 1 aliphatic rings. The fourth-order valence-corrected chi connectivity index (χ4v) is 5.05. The first-order valence-corrected chi connectivity index (χ1v) is 11.0. The van der Waals surface area contributed by atoms with E-state index in [1.165, 1.54) is 16.4 Å². The monoisotopic (exact) mass is 444 g/mol. The number of rotatable bonds is 4. The highest BCUT2D eigenvalue weighted by atomic mass is 35.5. The highest BCUT2D eigenvalue weighted by Gasteiger charge is 2.26. The minimum Gasteiger partial charge on any atom is -0.322 e. The summed E-state index contributed by atoms with van der Waals surface area (Å²) < 4.78 is 40.9. The highest BCUT2D eigenvalue weighted by Crippen LogP contribution is 2.28. The van der Waals surface area contributed by atoms with Crippen LogP contribution in [0.15, 0.2) is 35.2 Å². The van der Waals surface area contributed by atoms with Crippen LogP contribution in [-0.4, -0.2) is 31.7 Å². The maximum Gasteiger partial charge on any atom is 0.257 e. The third-order valence-electron chi connectivity index (χ3n) is 4.66. The van der Waals surface area contributed by atoms with Gasteiger partial charge in [0.1, 0.15) is 5.82 Å². The number of benzene rings is 2. The molecular formula is C19H19Cl2FN2O3S. The predicted octanol–water partition coefficient (Wildman–Crippen LogP) is 4.87. The summed E-state index contributed by atoms with van der Waals surface area (Å²) in [5.41, 5.74) is 0.887. The lowest BCUT2D eigenvalue weighted by Gasteiger charge is -2.26. The van der Waals surface area contributed by atoms with Gasteiger partial charge in [0.15, 0.2) is 0 Å². The predicted molar refractivity (Wildman–Crippen MR) is 108 cm³/mol. The van der Waals surface area contributed by atoms with Gasteiger partial charge in [0, 0.05) is 18.8 Å². The summed E-state index contributed by atoms with van der Waals surface area (Å²) in [6.45, 7) is 2.70. The smallest absolute Gasteiger partial charge is 0.257 e. The van der Waals surface area contributed by atoms with Crippen LogP contribution in [0.2, 0.25) is 10.0 Å². The highest BCUT2D eigenvalue weighted by molar-refractivity contribution is 7.89. The van der Waals surface area contributed by atoms with Crippen molar-refractivity contribution in [2.75, 3.05) is 18.4 Å². The van der Waals surface area contributed by atoms with Crippen LogP contribution in [0.1, 0.15) is 35.2 Å². The van der Waals surface area contributed by atoms with E-state index in [9.17, 15) is 17.6 Å². The second-order valence-corrected chi connectivity index (χ2v) is 9.39. The van der Waals surface area contributed by atoms with E-state index in [-0.39, 0.29) is 20.5 Å². The topological polar surface area (TPSA) is 66.5 Å². The van der Waals surface area contributed by atoms with Gasteiger partial charge in [-0.1, -0.05) is 35.7 Å². The Morgan fingerprint density at radius 1 is 1.07 bits per heavy atom. The van der Waals surface area contributed by atoms with E-state index in [0.717, 1.165) is 31.4 Å². The van der Waals surface area contributed by atoms with E-state index >= 15 is 0 Å². The molecule has 1 heterocycles. The lowest BCUT2D eigenvalue weighted by Crippen LogP contribution is -2.35. The molecule has 0 radical (unpaired) electrons. The molecule has 28 heavy (non-hydrogen) atoms. The summed E-state index contributed by atoms with van der Waals surface area (Å²) in [7, 11) is -3.64.